The number of aromatic nitrogens is 3. The average Bonchev–Trinajstić information content (AvgIpc) is 2.87. The number of benzene rings is 3. The lowest BCUT2D eigenvalue weighted by atomic mass is 10.2. The van der Waals surface area contributed by atoms with Gasteiger partial charge in [-0.25, -0.2) is 8.78 Å². The van der Waals surface area contributed by atoms with E-state index < -0.39 is 23.6 Å². The van der Waals surface area contributed by atoms with Gasteiger partial charge >= 0.3 is 0 Å². The highest BCUT2D eigenvalue weighted by atomic mass is 35.5. The van der Waals surface area contributed by atoms with Crippen molar-refractivity contribution in [3.05, 3.63) is 83.4 Å². The number of carbonyl (C=O) groups excluding carboxylic acids is 1. The summed E-state index contributed by atoms with van der Waals surface area (Å²) in [5.41, 5.74) is 0.709. The lowest BCUT2D eigenvalue weighted by molar-refractivity contribution is -0.116. The number of para-hydroxylation sites is 2. The second-order valence-corrected chi connectivity index (χ2v) is 8.13. The molecule has 37 heavy (non-hydrogen) atoms. The fourth-order valence-corrected chi connectivity index (χ4v) is 3.43. The summed E-state index contributed by atoms with van der Waals surface area (Å²) in [4.78, 5) is 25.5. The van der Waals surface area contributed by atoms with Crippen LogP contribution in [0.1, 0.15) is 6.92 Å². The van der Waals surface area contributed by atoms with Gasteiger partial charge in [0.25, 0.3) is 0 Å². The van der Waals surface area contributed by atoms with Crippen LogP contribution in [0.4, 0.5) is 43.7 Å². The van der Waals surface area contributed by atoms with Crippen LogP contribution < -0.4 is 26.0 Å². The Morgan fingerprint density at radius 2 is 1.41 bits per heavy atom. The minimum absolute atomic E-state index is 0.0110. The first-order valence-corrected chi connectivity index (χ1v) is 11.4. The number of nitrogens with one attached hydrogen (secondary N) is 4. The molecule has 1 aromatic heterocycles. The normalized spacial score (nSPS) is 11.4. The van der Waals surface area contributed by atoms with Gasteiger partial charge in [-0.3, -0.25) is 4.79 Å². The zero-order valence-corrected chi connectivity index (χ0v) is 20.5. The Labute approximate surface area is 216 Å². The number of nitrogens with zero attached hydrogens (tertiary/aromatic N) is 3. The molecule has 12 heteroatoms. The number of methoxy groups -OCH3 is 1. The SMILES string of the molecule is COc1ccc(NC(=O)[C@@H](C)Nc2nc(Nc3ccccc3F)nc(Nc3ccccc3F)n2)cc1Cl. The van der Waals surface area contributed by atoms with Crippen molar-refractivity contribution in [2.45, 2.75) is 13.0 Å². The van der Waals surface area contributed by atoms with Crippen molar-refractivity contribution in [2.75, 3.05) is 28.4 Å². The smallest absolute Gasteiger partial charge is 0.246 e. The van der Waals surface area contributed by atoms with Gasteiger partial charge in [-0.1, -0.05) is 35.9 Å². The third kappa shape index (κ3) is 6.58. The van der Waals surface area contributed by atoms with E-state index in [1.807, 2.05) is 0 Å². The number of ether oxygens (including phenoxy) is 1. The van der Waals surface area contributed by atoms with Gasteiger partial charge in [-0.05, 0) is 49.4 Å². The van der Waals surface area contributed by atoms with Crippen molar-refractivity contribution in [1.29, 1.82) is 0 Å². The first kappa shape index (κ1) is 25.6. The van der Waals surface area contributed by atoms with Gasteiger partial charge in [0, 0.05) is 5.69 Å². The molecule has 0 radical (unpaired) electrons. The number of amides is 1. The molecule has 0 aliphatic rings. The molecule has 190 valence electrons. The van der Waals surface area contributed by atoms with Crippen LogP contribution in [0.25, 0.3) is 0 Å². The summed E-state index contributed by atoms with van der Waals surface area (Å²) in [5.74, 6) is -1.05. The molecule has 0 fully saturated rings. The topological polar surface area (TPSA) is 113 Å². The first-order chi connectivity index (χ1) is 17.8. The van der Waals surface area contributed by atoms with E-state index in [9.17, 15) is 13.6 Å². The second kappa shape index (κ2) is 11.5. The largest absolute Gasteiger partial charge is 0.495 e. The highest BCUT2D eigenvalue weighted by Gasteiger charge is 2.17. The van der Waals surface area contributed by atoms with Crippen LogP contribution in [0.2, 0.25) is 5.02 Å². The molecule has 0 bridgehead atoms. The van der Waals surface area contributed by atoms with Crippen molar-refractivity contribution >= 4 is 52.4 Å². The van der Waals surface area contributed by atoms with Crippen LogP contribution in [-0.4, -0.2) is 34.0 Å². The van der Waals surface area contributed by atoms with E-state index in [-0.39, 0.29) is 29.2 Å². The van der Waals surface area contributed by atoms with E-state index >= 15 is 0 Å². The molecule has 4 aromatic rings. The molecule has 3 aromatic carbocycles. The van der Waals surface area contributed by atoms with Crippen molar-refractivity contribution in [2.24, 2.45) is 0 Å². The lowest BCUT2D eigenvalue weighted by Gasteiger charge is -2.16. The number of halogens is 3. The van der Waals surface area contributed by atoms with Crippen molar-refractivity contribution < 1.29 is 18.3 Å². The van der Waals surface area contributed by atoms with Crippen LogP contribution in [0, 0.1) is 11.6 Å². The molecule has 0 saturated heterocycles. The molecular formula is C25H22ClF2N7O2. The molecule has 0 aliphatic carbocycles. The molecule has 0 unspecified atom stereocenters. The summed E-state index contributed by atoms with van der Waals surface area (Å²) < 4.78 is 33.5. The van der Waals surface area contributed by atoms with Gasteiger partial charge in [0.2, 0.25) is 23.8 Å². The zero-order chi connectivity index (χ0) is 26.4. The molecule has 9 nitrogen and oxygen atoms in total. The summed E-state index contributed by atoms with van der Waals surface area (Å²) in [5, 5.41) is 11.5. The highest BCUT2D eigenvalue weighted by molar-refractivity contribution is 6.32. The Balaban J connectivity index is 1.56. The number of hydrogen-bond donors (Lipinski definition) is 4. The Hall–Kier alpha value is -4.51. The second-order valence-electron chi connectivity index (χ2n) is 7.72. The first-order valence-electron chi connectivity index (χ1n) is 11.0. The van der Waals surface area contributed by atoms with Crippen LogP contribution in [0.5, 0.6) is 5.75 Å². The third-order valence-corrected chi connectivity index (χ3v) is 5.33. The fraction of sp³-hybridized carbons (Fsp3) is 0.120. The Bertz CT molecular complexity index is 1360. The molecule has 0 saturated carbocycles. The summed E-state index contributed by atoms with van der Waals surface area (Å²) in [6.07, 6.45) is 0. The molecule has 1 atom stereocenters. The quantitative estimate of drug-likeness (QED) is 0.219. The van der Waals surface area contributed by atoms with Gasteiger partial charge in [-0.2, -0.15) is 15.0 Å². The molecular weight excluding hydrogens is 504 g/mol. The van der Waals surface area contributed by atoms with E-state index in [1.54, 1.807) is 49.4 Å². The fourth-order valence-electron chi connectivity index (χ4n) is 3.17. The van der Waals surface area contributed by atoms with Gasteiger partial charge < -0.3 is 26.0 Å². The van der Waals surface area contributed by atoms with Crippen LogP contribution in [0.15, 0.2) is 66.7 Å². The Morgan fingerprint density at radius 3 is 1.92 bits per heavy atom. The molecule has 1 amide bonds. The number of carbonyl (C=O) groups is 1. The van der Waals surface area contributed by atoms with E-state index in [4.69, 9.17) is 16.3 Å². The van der Waals surface area contributed by atoms with Crippen LogP contribution in [-0.2, 0) is 4.79 Å². The summed E-state index contributed by atoms with van der Waals surface area (Å²) in [6.45, 7) is 1.60. The van der Waals surface area contributed by atoms with E-state index in [0.717, 1.165) is 0 Å². The molecule has 4 N–H and O–H groups in total. The van der Waals surface area contributed by atoms with E-state index in [1.165, 1.54) is 31.4 Å². The molecule has 1 heterocycles. The van der Waals surface area contributed by atoms with Crippen molar-refractivity contribution in [3.8, 4) is 5.75 Å². The highest BCUT2D eigenvalue weighted by Crippen LogP contribution is 2.27. The Morgan fingerprint density at radius 1 is 0.865 bits per heavy atom. The molecule has 4 rings (SSSR count). The maximum Gasteiger partial charge on any atom is 0.246 e. The van der Waals surface area contributed by atoms with Crippen LogP contribution in [0.3, 0.4) is 0 Å². The van der Waals surface area contributed by atoms with Gasteiger partial charge in [0.05, 0.1) is 23.5 Å². The monoisotopic (exact) mass is 525 g/mol. The number of rotatable bonds is 9. The summed E-state index contributed by atoms with van der Waals surface area (Å²) in [7, 11) is 1.49. The maximum absolute atomic E-state index is 14.2. The predicted octanol–water partition coefficient (Wildman–Crippen LogP) is 5.74. The summed E-state index contributed by atoms with van der Waals surface area (Å²) >= 11 is 6.13. The summed E-state index contributed by atoms with van der Waals surface area (Å²) in [6, 6.07) is 16.0. The molecule has 0 aliphatic heterocycles. The lowest BCUT2D eigenvalue weighted by Crippen LogP contribution is -2.32. The van der Waals surface area contributed by atoms with Crippen molar-refractivity contribution in [3.63, 3.8) is 0 Å². The van der Waals surface area contributed by atoms with Gasteiger partial charge in [0.1, 0.15) is 23.4 Å². The van der Waals surface area contributed by atoms with Crippen LogP contribution >= 0.6 is 11.6 Å². The standard InChI is InChI=1S/C25H22ClF2N7O2/c1-14(22(36)30-15-11-12-21(37-2)16(26)13-15)29-23-33-24(31-19-9-5-3-7-17(19)27)35-25(34-23)32-20-10-6-4-8-18(20)28/h3-14H,1-2H3,(H,30,36)(H3,29,31,32,33,34,35)/t14-/m1/s1. The Kier molecular flexibility index (Phi) is 7.94. The third-order valence-electron chi connectivity index (χ3n) is 5.03. The van der Waals surface area contributed by atoms with E-state index in [0.29, 0.717) is 16.5 Å². The minimum atomic E-state index is -0.814. The number of anilines is 6. The van der Waals surface area contributed by atoms with E-state index in [2.05, 4.69) is 36.2 Å². The van der Waals surface area contributed by atoms with Gasteiger partial charge in [0.15, 0.2) is 0 Å². The number of hydrogen-bond acceptors (Lipinski definition) is 8. The van der Waals surface area contributed by atoms with Crippen molar-refractivity contribution in [1.82, 2.24) is 15.0 Å². The average molecular weight is 526 g/mol. The molecule has 0 spiro atoms. The zero-order valence-electron chi connectivity index (χ0n) is 19.7. The minimum Gasteiger partial charge on any atom is -0.495 e. The maximum atomic E-state index is 14.2. The van der Waals surface area contributed by atoms with Gasteiger partial charge in [-0.15, -0.1) is 0 Å². The predicted molar refractivity (Wildman–Crippen MR) is 139 cm³/mol.